The van der Waals surface area contributed by atoms with E-state index in [1.807, 2.05) is 0 Å². The smallest absolute Gasteiger partial charge is 0.261 e. The van der Waals surface area contributed by atoms with Gasteiger partial charge in [-0.2, -0.15) is 0 Å². The molecule has 0 radical (unpaired) electrons. The number of rotatable bonds is 5. The summed E-state index contributed by atoms with van der Waals surface area (Å²) in [5.74, 6) is -0.824. The molecule has 1 atom stereocenters. The Hall–Kier alpha value is -2.59. The van der Waals surface area contributed by atoms with Crippen LogP contribution in [0.4, 0.5) is 11.4 Å². The highest BCUT2D eigenvalue weighted by Gasteiger charge is 2.41. The Morgan fingerprint density at radius 3 is 2.15 bits per heavy atom. The molecule has 1 saturated heterocycles. The number of sulfonamides is 2. The molecule has 0 bridgehead atoms. The third-order valence-electron chi connectivity index (χ3n) is 4.08. The number of benzene rings is 2. The predicted molar refractivity (Wildman–Crippen MR) is 101 cm³/mol. The Morgan fingerprint density at radius 2 is 1.67 bits per heavy atom. The van der Waals surface area contributed by atoms with Crippen LogP contribution >= 0.6 is 0 Å². The van der Waals surface area contributed by atoms with E-state index in [-0.39, 0.29) is 16.3 Å². The van der Waals surface area contributed by atoms with Gasteiger partial charge in [-0.3, -0.25) is 9.52 Å². The standard InChI is InChI=1S/C17H18N2O6S2/c1-12-11-26(21,22)19(17(12)20)14-5-9-16(10-6-14)27(23,24)18-13-3-7-15(25-2)8-4-13/h3-10,12,18H,11H2,1-2H3/t12-/m0/s1. The maximum atomic E-state index is 12.5. The Labute approximate surface area is 157 Å². The molecule has 1 fully saturated rings. The van der Waals surface area contributed by atoms with Gasteiger partial charge in [0, 0.05) is 5.69 Å². The molecule has 10 heteroatoms. The molecule has 2 aromatic rings. The van der Waals surface area contributed by atoms with Crippen molar-refractivity contribution in [2.24, 2.45) is 5.92 Å². The number of ether oxygens (including phenoxy) is 1. The van der Waals surface area contributed by atoms with Crippen LogP contribution in [0.1, 0.15) is 6.92 Å². The number of carbonyl (C=O) groups is 1. The summed E-state index contributed by atoms with van der Waals surface area (Å²) in [6, 6.07) is 11.5. The van der Waals surface area contributed by atoms with Crippen LogP contribution in [-0.2, 0) is 24.8 Å². The monoisotopic (exact) mass is 410 g/mol. The van der Waals surface area contributed by atoms with Crippen LogP contribution in [0.3, 0.4) is 0 Å². The average Bonchev–Trinajstić information content (AvgIpc) is 2.82. The van der Waals surface area contributed by atoms with Crippen molar-refractivity contribution >= 4 is 37.3 Å². The van der Waals surface area contributed by atoms with E-state index in [1.165, 1.54) is 38.3 Å². The molecular weight excluding hydrogens is 392 g/mol. The van der Waals surface area contributed by atoms with E-state index < -0.39 is 31.9 Å². The van der Waals surface area contributed by atoms with Gasteiger partial charge < -0.3 is 4.74 Å². The maximum Gasteiger partial charge on any atom is 0.261 e. The first-order valence-electron chi connectivity index (χ1n) is 7.98. The van der Waals surface area contributed by atoms with E-state index in [2.05, 4.69) is 4.72 Å². The van der Waals surface area contributed by atoms with Gasteiger partial charge in [-0.25, -0.2) is 21.1 Å². The van der Waals surface area contributed by atoms with Crippen molar-refractivity contribution in [2.75, 3.05) is 21.9 Å². The molecule has 1 heterocycles. The molecule has 0 aliphatic carbocycles. The molecule has 27 heavy (non-hydrogen) atoms. The Kier molecular flexibility index (Phi) is 4.87. The zero-order valence-corrected chi connectivity index (χ0v) is 16.2. The van der Waals surface area contributed by atoms with Gasteiger partial charge in [0.25, 0.3) is 10.0 Å². The number of nitrogens with zero attached hydrogens (tertiary/aromatic N) is 1. The van der Waals surface area contributed by atoms with Gasteiger partial charge in [-0.05, 0) is 48.5 Å². The number of nitrogens with one attached hydrogen (secondary N) is 1. The topological polar surface area (TPSA) is 110 Å². The highest BCUT2D eigenvalue weighted by molar-refractivity contribution is 7.94. The summed E-state index contributed by atoms with van der Waals surface area (Å²) in [6.45, 7) is 1.54. The fourth-order valence-corrected chi connectivity index (χ4v) is 5.60. The lowest BCUT2D eigenvalue weighted by Crippen LogP contribution is -2.30. The lowest BCUT2D eigenvalue weighted by molar-refractivity contribution is -0.119. The van der Waals surface area contributed by atoms with Gasteiger partial charge in [-0.1, -0.05) is 6.92 Å². The minimum Gasteiger partial charge on any atom is -0.497 e. The number of amides is 1. The molecule has 1 N–H and O–H groups in total. The summed E-state index contributed by atoms with van der Waals surface area (Å²) < 4.78 is 57.4. The summed E-state index contributed by atoms with van der Waals surface area (Å²) in [7, 11) is -6.10. The van der Waals surface area contributed by atoms with Crippen molar-refractivity contribution < 1.29 is 26.4 Å². The fraction of sp³-hybridized carbons (Fsp3) is 0.235. The second kappa shape index (κ2) is 6.86. The van der Waals surface area contributed by atoms with E-state index in [0.717, 1.165) is 4.31 Å². The lowest BCUT2D eigenvalue weighted by atomic mass is 10.2. The number of hydrogen-bond donors (Lipinski definition) is 1. The van der Waals surface area contributed by atoms with Gasteiger partial charge >= 0.3 is 0 Å². The van der Waals surface area contributed by atoms with Crippen molar-refractivity contribution in [3.63, 3.8) is 0 Å². The van der Waals surface area contributed by atoms with E-state index >= 15 is 0 Å². The first-order valence-corrected chi connectivity index (χ1v) is 11.1. The number of hydrogen-bond acceptors (Lipinski definition) is 6. The minimum atomic E-state index is -3.87. The predicted octanol–water partition coefficient (Wildman–Crippen LogP) is 1.81. The highest BCUT2D eigenvalue weighted by Crippen LogP contribution is 2.29. The van der Waals surface area contributed by atoms with Crippen molar-refractivity contribution in [3.05, 3.63) is 48.5 Å². The second-order valence-corrected chi connectivity index (χ2v) is 9.65. The zero-order valence-electron chi connectivity index (χ0n) is 14.6. The molecule has 1 aliphatic rings. The Balaban J connectivity index is 1.84. The Morgan fingerprint density at radius 1 is 1.07 bits per heavy atom. The third kappa shape index (κ3) is 3.76. The number of carbonyl (C=O) groups excluding carboxylic acids is 1. The SMILES string of the molecule is COc1ccc(NS(=O)(=O)c2ccc(N3C(=O)[C@@H](C)CS3(=O)=O)cc2)cc1. The highest BCUT2D eigenvalue weighted by atomic mass is 32.2. The van der Waals surface area contributed by atoms with Crippen molar-refractivity contribution in [3.8, 4) is 5.75 Å². The zero-order chi connectivity index (χ0) is 19.8. The van der Waals surface area contributed by atoms with Crippen molar-refractivity contribution in [1.29, 1.82) is 0 Å². The summed E-state index contributed by atoms with van der Waals surface area (Å²) in [5.41, 5.74) is 0.471. The molecule has 8 nitrogen and oxygen atoms in total. The maximum absolute atomic E-state index is 12.5. The van der Waals surface area contributed by atoms with Crippen LogP contribution in [0.25, 0.3) is 0 Å². The molecular formula is C17H18N2O6S2. The van der Waals surface area contributed by atoms with E-state index in [4.69, 9.17) is 4.74 Å². The van der Waals surface area contributed by atoms with E-state index in [1.54, 1.807) is 24.3 Å². The lowest BCUT2D eigenvalue weighted by Gasteiger charge is -2.16. The summed E-state index contributed by atoms with van der Waals surface area (Å²) in [5, 5.41) is 0. The normalized spacial score (nSPS) is 19.1. The minimum absolute atomic E-state index is 0.0563. The van der Waals surface area contributed by atoms with Crippen LogP contribution in [0.15, 0.2) is 53.4 Å². The van der Waals surface area contributed by atoms with Crippen LogP contribution in [-0.4, -0.2) is 35.6 Å². The fourth-order valence-electron chi connectivity index (χ4n) is 2.72. The molecule has 144 valence electrons. The molecule has 2 aromatic carbocycles. The number of anilines is 2. The van der Waals surface area contributed by atoms with Crippen molar-refractivity contribution in [2.45, 2.75) is 11.8 Å². The molecule has 1 aliphatic heterocycles. The Bertz CT molecular complexity index is 1060. The van der Waals surface area contributed by atoms with Crippen molar-refractivity contribution in [1.82, 2.24) is 0 Å². The van der Waals surface area contributed by atoms with Crippen LogP contribution in [0.2, 0.25) is 0 Å². The summed E-state index contributed by atoms with van der Waals surface area (Å²) >= 11 is 0. The third-order valence-corrected chi connectivity index (χ3v) is 7.35. The first-order chi connectivity index (χ1) is 12.6. The largest absolute Gasteiger partial charge is 0.497 e. The quantitative estimate of drug-likeness (QED) is 0.805. The first kappa shape index (κ1) is 19.2. The summed E-state index contributed by atoms with van der Waals surface area (Å²) in [6.07, 6.45) is 0. The van der Waals surface area contributed by atoms with Gasteiger partial charge in [0.05, 0.1) is 29.4 Å². The molecule has 0 unspecified atom stereocenters. The van der Waals surface area contributed by atoms with Crippen LogP contribution in [0.5, 0.6) is 5.75 Å². The molecule has 0 spiro atoms. The molecule has 3 rings (SSSR count). The van der Waals surface area contributed by atoms with Gasteiger partial charge in [-0.15, -0.1) is 0 Å². The summed E-state index contributed by atoms with van der Waals surface area (Å²) in [4.78, 5) is 12.0. The number of methoxy groups -OCH3 is 1. The second-order valence-electron chi connectivity index (χ2n) is 6.11. The van der Waals surface area contributed by atoms with Gasteiger partial charge in [0.1, 0.15) is 5.75 Å². The molecule has 0 saturated carbocycles. The van der Waals surface area contributed by atoms with Crippen LogP contribution in [0, 0.1) is 5.92 Å². The van der Waals surface area contributed by atoms with Crippen LogP contribution < -0.4 is 13.8 Å². The van der Waals surface area contributed by atoms with Gasteiger partial charge in [0.2, 0.25) is 15.9 Å². The van der Waals surface area contributed by atoms with E-state index in [9.17, 15) is 21.6 Å². The molecule has 1 amide bonds. The molecule has 0 aromatic heterocycles. The van der Waals surface area contributed by atoms with E-state index in [0.29, 0.717) is 11.4 Å². The van der Waals surface area contributed by atoms with Gasteiger partial charge in [0.15, 0.2) is 0 Å². The average molecular weight is 410 g/mol.